The van der Waals surface area contributed by atoms with Gasteiger partial charge in [-0.05, 0) is 52.7 Å². The number of esters is 1. The van der Waals surface area contributed by atoms with Crippen molar-refractivity contribution in [2.75, 3.05) is 39.8 Å². The van der Waals surface area contributed by atoms with Gasteiger partial charge in [0.15, 0.2) is 0 Å². The van der Waals surface area contributed by atoms with Crippen LogP contribution in [0.4, 0.5) is 9.59 Å². The molecule has 192 valence electrons. The Morgan fingerprint density at radius 1 is 1.20 bits per heavy atom. The Hall–Kier alpha value is -3.07. The lowest BCUT2D eigenvalue weighted by molar-refractivity contribution is -0.139. The number of rotatable bonds is 5. The molecule has 3 rings (SSSR count). The molecule has 4 amide bonds. The van der Waals surface area contributed by atoms with Crippen molar-refractivity contribution in [3.63, 3.8) is 0 Å². The van der Waals surface area contributed by atoms with Gasteiger partial charge in [0.25, 0.3) is 0 Å². The maximum atomic E-state index is 13.2. The van der Waals surface area contributed by atoms with E-state index in [1.165, 1.54) is 4.90 Å². The number of hydrogen-bond acceptors (Lipinski definition) is 5. The number of nitrogens with zero attached hydrogens (tertiary/aromatic N) is 3. The average Bonchev–Trinajstić information content (AvgIpc) is 2.76. The van der Waals surface area contributed by atoms with E-state index in [0.717, 1.165) is 11.1 Å². The second-order valence-corrected chi connectivity index (χ2v) is 10.3. The van der Waals surface area contributed by atoms with Crippen molar-refractivity contribution in [3.8, 4) is 0 Å². The van der Waals surface area contributed by atoms with Crippen LogP contribution in [0.2, 0.25) is 0 Å². The summed E-state index contributed by atoms with van der Waals surface area (Å²) in [7, 11) is 1.68. The number of urea groups is 2. The zero-order chi connectivity index (χ0) is 25.9. The van der Waals surface area contributed by atoms with Crippen molar-refractivity contribution in [1.82, 2.24) is 25.3 Å². The molecule has 2 aliphatic heterocycles. The number of likely N-dealkylation sites (N-methyl/N-ethyl adjacent to an activating group) is 1. The van der Waals surface area contributed by atoms with Crippen LogP contribution in [0.5, 0.6) is 0 Å². The minimum absolute atomic E-state index is 0.0207. The minimum Gasteiger partial charge on any atom is -0.463 e. The third-order valence-electron chi connectivity index (χ3n) is 6.40. The molecule has 1 aromatic carbocycles. The Labute approximate surface area is 208 Å². The summed E-state index contributed by atoms with van der Waals surface area (Å²) in [4.78, 5) is 44.4. The molecule has 9 nitrogen and oxygen atoms in total. The van der Waals surface area contributed by atoms with Crippen LogP contribution in [-0.4, -0.2) is 84.1 Å². The van der Waals surface area contributed by atoms with E-state index >= 15 is 0 Å². The summed E-state index contributed by atoms with van der Waals surface area (Å²) >= 11 is 0. The maximum Gasteiger partial charge on any atom is 0.338 e. The van der Waals surface area contributed by atoms with Crippen LogP contribution >= 0.6 is 0 Å². The molecular weight excluding hydrogens is 446 g/mol. The first-order chi connectivity index (χ1) is 16.4. The van der Waals surface area contributed by atoms with E-state index in [-0.39, 0.29) is 30.2 Å². The van der Waals surface area contributed by atoms with Gasteiger partial charge in [-0.2, -0.15) is 0 Å². The highest BCUT2D eigenvalue weighted by Gasteiger charge is 2.39. The number of aryl methyl sites for hydroxylation is 1. The summed E-state index contributed by atoms with van der Waals surface area (Å²) in [5.74, 6) is -0.432. The molecular formula is C26H39N5O4. The van der Waals surface area contributed by atoms with Crippen LogP contribution in [0.3, 0.4) is 0 Å². The molecule has 0 saturated carbocycles. The fourth-order valence-corrected chi connectivity index (χ4v) is 4.62. The number of amides is 4. The number of benzene rings is 1. The van der Waals surface area contributed by atoms with Crippen molar-refractivity contribution in [1.29, 1.82) is 0 Å². The van der Waals surface area contributed by atoms with E-state index in [0.29, 0.717) is 37.4 Å². The molecule has 0 aliphatic carbocycles. The fraction of sp³-hybridized carbons (Fsp3) is 0.577. The first kappa shape index (κ1) is 26.5. The predicted octanol–water partition coefficient (Wildman–Crippen LogP) is 3.02. The van der Waals surface area contributed by atoms with Crippen LogP contribution < -0.4 is 10.6 Å². The van der Waals surface area contributed by atoms with Gasteiger partial charge in [0.2, 0.25) is 0 Å². The fourth-order valence-electron chi connectivity index (χ4n) is 4.62. The molecule has 0 spiro atoms. The SMILES string of the molecule is CCOC(=O)C1=C(CN2CCN(C(=O)NC(C)(C)C)[C@H](C)C2)N(C)C(=O)N[C@H]1c1ccccc1C. The predicted molar refractivity (Wildman–Crippen MR) is 135 cm³/mol. The highest BCUT2D eigenvalue weighted by atomic mass is 16.5. The first-order valence-corrected chi connectivity index (χ1v) is 12.2. The van der Waals surface area contributed by atoms with Crippen molar-refractivity contribution < 1.29 is 19.1 Å². The summed E-state index contributed by atoms with van der Waals surface area (Å²) in [6.45, 7) is 14.1. The molecule has 0 aromatic heterocycles. The summed E-state index contributed by atoms with van der Waals surface area (Å²) in [6, 6.07) is 6.77. The second-order valence-electron chi connectivity index (χ2n) is 10.3. The topological polar surface area (TPSA) is 94.2 Å². The lowest BCUT2D eigenvalue weighted by atomic mass is 9.91. The zero-order valence-corrected chi connectivity index (χ0v) is 22.0. The number of carbonyl (C=O) groups excluding carboxylic acids is 3. The van der Waals surface area contributed by atoms with E-state index in [1.54, 1.807) is 14.0 Å². The standard InChI is InChI=1S/C26H39N5O4/c1-8-35-23(32)21-20(29(7)24(33)27-22(21)19-12-10-9-11-17(19)2)16-30-13-14-31(18(3)15-30)25(34)28-26(4,5)6/h9-12,18,22H,8,13-16H2,1-7H3,(H,27,33)(H,28,34)/t18-,22+/m1/s1. The molecule has 2 atom stereocenters. The first-order valence-electron chi connectivity index (χ1n) is 12.2. The number of nitrogens with one attached hydrogen (secondary N) is 2. The zero-order valence-electron chi connectivity index (χ0n) is 22.0. The van der Waals surface area contributed by atoms with Crippen LogP contribution in [0.25, 0.3) is 0 Å². The third-order valence-corrected chi connectivity index (χ3v) is 6.40. The van der Waals surface area contributed by atoms with E-state index < -0.39 is 12.0 Å². The summed E-state index contributed by atoms with van der Waals surface area (Å²) in [5.41, 5.74) is 2.61. The lowest BCUT2D eigenvalue weighted by Crippen LogP contribution is -2.59. The van der Waals surface area contributed by atoms with Gasteiger partial charge in [-0.15, -0.1) is 0 Å². The van der Waals surface area contributed by atoms with E-state index in [4.69, 9.17) is 4.74 Å². The van der Waals surface area contributed by atoms with Gasteiger partial charge in [-0.3, -0.25) is 9.80 Å². The van der Waals surface area contributed by atoms with Crippen molar-refractivity contribution in [2.24, 2.45) is 0 Å². The van der Waals surface area contributed by atoms with Gasteiger partial charge in [-0.25, -0.2) is 14.4 Å². The largest absolute Gasteiger partial charge is 0.463 e. The van der Waals surface area contributed by atoms with Crippen molar-refractivity contribution in [3.05, 3.63) is 46.7 Å². The average molecular weight is 486 g/mol. The van der Waals surface area contributed by atoms with E-state index in [1.807, 2.05) is 63.8 Å². The molecule has 0 radical (unpaired) electrons. The van der Waals surface area contributed by atoms with Gasteiger partial charge < -0.3 is 20.3 Å². The number of piperazine rings is 1. The number of ether oxygens (including phenoxy) is 1. The van der Waals surface area contributed by atoms with Crippen LogP contribution in [0.1, 0.15) is 51.8 Å². The van der Waals surface area contributed by atoms with E-state index in [2.05, 4.69) is 15.5 Å². The normalized spacial score (nSPS) is 21.6. The van der Waals surface area contributed by atoms with Crippen molar-refractivity contribution in [2.45, 2.75) is 59.2 Å². The molecule has 2 heterocycles. The Kier molecular flexibility index (Phi) is 8.10. The number of carbonyl (C=O) groups is 3. The van der Waals surface area contributed by atoms with Gasteiger partial charge in [0.1, 0.15) is 0 Å². The van der Waals surface area contributed by atoms with Crippen LogP contribution in [0.15, 0.2) is 35.5 Å². The molecule has 0 bridgehead atoms. The van der Waals surface area contributed by atoms with Gasteiger partial charge in [0, 0.05) is 50.5 Å². The third kappa shape index (κ3) is 6.14. The summed E-state index contributed by atoms with van der Waals surface area (Å²) < 4.78 is 5.44. The van der Waals surface area contributed by atoms with E-state index in [9.17, 15) is 14.4 Å². The van der Waals surface area contributed by atoms with Gasteiger partial charge in [0.05, 0.1) is 18.2 Å². The Bertz CT molecular complexity index is 1000. The quantitative estimate of drug-likeness (QED) is 0.626. The highest BCUT2D eigenvalue weighted by Crippen LogP contribution is 2.33. The second kappa shape index (κ2) is 10.7. The van der Waals surface area contributed by atoms with Crippen LogP contribution in [-0.2, 0) is 9.53 Å². The minimum atomic E-state index is -0.592. The Balaban J connectivity index is 1.90. The van der Waals surface area contributed by atoms with Gasteiger partial charge >= 0.3 is 18.0 Å². The molecule has 0 unspecified atom stereocenters. The molecule has 2 aliphatic rings. The molecule has 2 N–H and O–H groups in total. The van der Waals surface area contributed by atoms with Gasteiger partial charge in [-0.1, -0.05) is 24.3 Å². The Morgan fingerprint density at radius 2 is 1.89 bits per heavy atom. The molecule has 1 saturated heterocycles. The monoisotopic (exact) mass is 485 g/mol. The van der Waals surface area contributed by atoms with Crippen LogP contribution in [0, 0.1) is 6.92 Å². The molecule has 35 heavy (non-hydrogen) atoms. The highest BCUT2D eigenvalue weighted by molar-refractivity contribution is 5.95. The lowest BCUT2D eigenvalue weighted by Gasteiger charge is -2.43. The molecule has 1 fully saturated rings. The molecule has 1 aromatic rings. The smallest absolute Gasteiger partial charge is 0.338 e. The number of hydrogen-bond donors (Lipinski definition) is 2. The summed E-state index contributed by atoms with van der Waals surface area (Å²) in [6.07, 6.45) is 0. The van der Waals surface area contributed by atoms with Crippen molar-refractivity contribution >= 4 is 18.0 Å². The maximum absolute atomic E-state index is 13.2. The Morgan fingerprint density at radius 3 is 2.49 bits per heavy atom. The summed E-state index contributed by atoms with van der Waals surface area (Å²) in [5, 5.41) is 6.01. The molecule has 9 heteroatoms.